The molecule has 1 saturated heterocycles. The van der Waals surface area contributed by atoms with Crippen LogP contribution >= 0.6 is 22.9 Å². The highest BCUT2D eigenvalue weighted by molar-refractivity contribution is 7.91. The fourth-order valence-corrected chi connectivity index (χ4v) is 5.02. The topological polar surface area (TPSA) is 107 Å². The van der Waals surface area contributed by atoms with Gasteiger partial charge in [-0.25, -0.2) is 8.42 Å². The summed E-state index contributed by atoms with van der Waals surface area (Å²) in [7, 11) is -3.72. The van der Waals surface area contributed by atoms with E-state index in [9.17, 15) is 18.5 Å². The van der Waals surface area contributed by atoms with Gasteiger partial charge in [0.15, 0.2) is 4.34 Å². The zero-order valence-corrected chi connectivity index (χ0v) is 11.5. The maximum absolute atomic E-state index is 12.2. The van der Waals surface area contributed by atoms with E-state index in [1.54, 1.807) is 0 Å². The summed E-state index contributed by atoms with van der Waals surface area (Å²) in [5.41, 5.74) is 5.26. The fraction of sp³-hybridized carbons (Fsp3) is 0.500. The van der Waals surface area contributed by atoms with Crippen LogP contribution in [0.25, 0.3) is 0 Å². The Morgan fingerprint density at radius 3 is 2.72 bits per heavy atom. The summed E-state index contributed by atoms with van der Waals surface area (Å²) in [5, 5.41) is 10.6. The number of nitrogens with two attached hydrogens (primary N) is 1. The molecule has 1 atom stereocenters. The third-order valence-electron chi connectivity index (χ3n) is 2.62. The van der Waals surface area contributed by atoms with Gasteiger partial charge in [0.05, 0.1) is 4.92 Å². The van der Waals surface area contributed by atoms with Gasteiger partial charge in [-0.3, -0.25) is 10.1 Å². The molecular weight excluding hydrogens is 302 g/mol. The van der Waals surface area contributed by atoms with E-state index in [0.29, 0.717) is 24.3 Å². The van der Waals surface area contributed by atoms with Crippen LogP contribution in [0.4, 0.5) is 5.69 Å². The second-order valence-corrected chi connectivity index (χ2v) is 7.71. The van der Waals surface area contributed by atoms with Crippen molar-refractivity contribution in [2.45, 2.75) is 16.7 Å². The third-order valence-corrected chi connectivity index (χ3v) is 6.28. The van der Waals surface area contributed by atoms with Crippen molar-refractivity contribution in [2.24, 2.45) is 5.73 Å². The molecule has 18 heavy (non-hydrogen) atoms. The normalized spacial score (nSPS) is 21.3. The molecule has 0 aromatic carbocycles. The van der Waals surface area contributed by atoms with Crippen LogP contribution in [0.3, 0.4) is 0 Å². The van der Waals surface area contributed by atoms with E-state index in [1.807, 2.05) is 0 Å². The van der Waals surface area contributed by atoms with Crippen LogP contribution in [0.1, 0.15) is 6.42 Å². The minimum absolute atomic E-state index is 0.117. The van der Waals surface area contributed by atoms with E-state index in [-0.39, 0.29) is 26.8 Å². The third kappa shape index (κ3) is 2.36. The maximum atomic E-state index is 12.2. The van der Waals surface area contributed by atoms with Gasteiger partial charge in [-0.2, -0.15) is 4.31 Å². The molecule has 2 N–H and O–H groups in total. The van der Waals surface area contributed by atoms with E-state index >= 15 is 0 Å². The van der Waals surface area contributed by atoms with Crippen LogP contribution in [0.15, 0.2) is 10.3 Å². The molecule has 100 valence electrons. The summed E-state index contributed by atoms with van der Waals surface area (Å²) < 4.78 is 25.3. The zero-order valence-electron chi connectivity index (χ0n) is 9.08. The standard InChI is InChI=1S/C8H10ClN3O4S2/c9-8-6(12(13)14)3-7(17-8)18(15,16)11-2-1-5(10)4-11/h3,5H,1-2,4,10H2/t5-/m1/s1. The maximum Gasteiger partial charge on any atom is 0.300 e. The lowest BCUT2D eigenvalue weighted by Crippen LogP contribution is -2.31. The number of nitrogens with zero attached hydrogens (tertiary/aromatic N) is 2. The largest absolute Gasteiger partial charge is 0.326 e. The second-order valence-electron chi connectivity index (χ2n) is 3.89. The van der Waals surface area contributed by atoms with Gasteiger partial charge < -0.3 is 5.73 Å². The highest BCUT2D eigenvalue weighted by atomic mass is 35.5. The van der Waals surface area contributed by atoms with Crippen LogP contribution in [0.5, 0.6) is 0 Å². The molecule has 0 saturated carbocycles. The van der Waals surface area contributed by atoms with Crippen LogP contribution in [0.2, 0.25) is 4.34 Å². The Labute approximate surface area is 112 Å². The van der Waals surface area contributed by atoms with Crippen molar-refractivity contribution >= 4 is 38.6 Å². The van der Waals surface area contributed by atoms with Crippen LogP contribution in [-0.2, 0) is 10.0 Å². The molecule has 0 bridgehead atoms. The molecule has 0 spiro atoms. The van der Waals surface area contributed by atoms with Gasteiger partial charge in [0.1, 0.15) is 4.21 Å². The number of nitro groups is 1. The van der Waals surface area contributed by atoms with E-state index in [0.717, 1.165) is 6.07 Å². The second kappa shape index (κ2) is 4.74. The van der Waals surface area contributed by atoms with Gasteiger partial charge in [-0.05, 0) is 6.42 Å². The molecule has 1 aromatic heterocycles. The van der Waals surface area contributed by atoms with Gasteiger partial charge in [-0.15, -0.1) is 11.3 Å². The van der Waals surface area contributed by atoms with Gasteiger partial charge >= 0.3 is 0 Å². The Kier molecular flexibility index (Phi) is 3.60. The quantitative estimate of drug-likeness (QED) is 0.663. The Balaban J connectivity index is 2.36. The zero-order chi connectivity index (χ0) is 13.5. The minimum atomic E-state index is -3.72. The van der Waals surface area contributed by atoms with E-state index < -0.39 is 14.9 Å². The van der Waals surface area contributed by atoms with Crippen molar-refractivity contribution in [1.82, 2.24) is 4.31 Å². The molecule has 0 unspecified atom stereocenters. The number of halogens is 1. The number of hydrogen-bond donors (Lipinski definition) is 1. The van der Waals surface area contributed by atoms with Crippen molar-refractivity contribution in [3.05, 3.63) is 20.5 Å². The molecule has 1 fully saturated rings. The SMILES string of the molecule is N[C@@H]1CCN(S(=O)(=O)c2cc([N+](=O)[O-])c(Cl)s2)C1. The van der Waals surface area contributed by atoms with Crippen molar-refractivity contribution < 1.29 is 13.3 Å². The number of sulfonamides is 1. The first-order chi connectivity index (χ1) is 8.32. The van der Waals surface area contributed by atoms with Crippen molar-refractivity contribution in [2.75, 3.05) is 13.1 Å². The Hall–Kier alpha value is -0.740. The number of rotatable bonds is 3. The van der Waals surface area contributed by atoms with Crippen LogP contribution in [-0.4, -0.2) is 36.8 Å². The van der Waals surface area contributed by atoms with Crippen molar-refractivity contribution in [1.29, 1.82) is 0 Å². The Morgan fingerprint density at radius 2 is 2.28 bits per heavy atom. The molecule has 7 nitrogen and oxygen atoms in total. The first kappa shape index (κ1) is 13.7. The molecule has 1 aromatic rings. The predicted octanol–water partition coefficient (Wildman–Crippen LogP) is 1.03. The average molecular weight is 312 g/mol. The van der Waals surface area contributed by atoms with E-state index in [2.05, 4.69) is 0 Å². The van der Waals surface area contributed by atoms with E-state index in [4.69, 9.17) is 17.3 Å². The molecule has 1 aliphatic rings. The smallest absolute Gasteiger partial charge is 0.300 e. The summed E-state index contributed by atoms with van der Waals surface area (Å²) in [6, 6.07) is 0.803. The first-order valence-electron chi connectivity index (χ1n) is 5.02. The lowest BCUT2D eigenvalue weighted by Gasteiger charge is -2.13. The summed E-state index contributed by atoms with van der Waals surface area (Å²) in [6.45, 7) is 0.554. The number of thiophene rings is 1. The van der Waals surface area contributed by atoms with Crippen LogP contribution < -0.4 is 5.73 Å². The molecule has 2 heterocycles. The fourth-order valence-electron chi connectivity index (χ4n) is 1.69. The van der Waals surface area contributed by atoms with Gasteiger partial charge in [0.25, 0.3) is 15.7 Å². The molecule has 10 heteroatoms. The monoisotopic (exact) mass is 311 g/mol. The summed E-state index contributed by atoms with van der Waals surface area (Å²) in [6.07, 6.45) is 0.584. The molecule has 0 aliphatic carbocycles. The molecule has 0 radical (unpaired) electrons. The van der Waals surface area contributed by atoms with Crippen LogP contribution in [0, 0.1) is 10.1 Å². The van der Waals surface area contributed by atoms with Gasteiger partial charge in [0.2, 0.25) is 0 Å². The van der Waals surface area contributed by atoms with Crippen molar-refractivity contribution in [3.63, 3.8) is 0 Å². The van der Waals surface area contributed by atoms with Crippen molar-refractivity contribution in [3.8, 4) is 0 Å². The predicted molar refractivity (Wildman–Crippen MR) is 67.3 cm³/mol. The number of hydrogen-bond acceptors (Lipinski definition) is 6. The lowest BCUT2D eigenvalue weighted by atomic mass is 10.3. The molecule has 1 aliphatic heterocycles. The summed E-state index contributed by atoms with van der Waals surface area (Å²) >= 11 is 6.34. The van der Waals surface area contributed by atoms with Gasteiger partial charge in [-0.1, -0.05) is 11.6 Å². The van der Waals surface area contributed by atoms with E-state index in [1.165, 1.54) is 4.31 Å². The Bertz CT molecular complexity index is 585. The first-order valence-corrected chi connectivity index (χ1v) is 7.65. The Morgan fingerprint density at radius 1 is 1.61 bits per heavy atom. The highest BCUT2D eigenvalue weighted by Crippen LogP contribution is 2.37. The minimum Gasteiger partial charge on any atom is -0.326 e. The summed E-state index contributed by atoms with van der Waals surface area (Å²) in [4.78, 5) is 9.93. The molecular formula is C8H10ClN3O4S2. The molecule has 2 rings (SSSR count). The highest BCUT2D eigenvalue weighted by Gasteiger charge is 2.34. The lowest BCUT2D eigenvalue weighted by molar-refractivity contribution is -0.384. The average Bonchev–Trinajstić information content (AvgIpc) is 2.84. The van der Waals surface area contributed by atoms with Gasteiger partial charge in [0, 0.05) is 25.2 Å². The molecule has 0 amide bonds. The summed E-state index contributed by atoms with van der Waals surface area (Å²) in [5.74, 6) is 0.